The third-order valence-corrected chi connectivity index (χ3v) is 0. The molecule has 4 heteroatoms. The van der Waals surface area contributed by atoms with Crippen molar-refractivity contribution in [2.24, 2.45) is 0 Å². The first kappa shape index (κ1) is 15.7. The van der Waals surface area contributed by atoms with Gasteiger partial charge < -0.3 is 5.11 Å². The van der Waals surface area contributed by atoms with Crippen LogP contribution in [0.15, 0.2) is 0 Å². The second-order valence-electron chi connectivity index (χ2n) is 0.519. The topological polar surface area (TPSA) is 37.3 Å². The Balaban J connectivity index is -0.0000000450. The monoisotopic (exact) mass is 475 g/mol. The number of carboxylic acids is 1. The number of hydrogen-bond acceptors (Lipinski definition) is 1. The van der Waals surface area contributed by atoms with Crippen LogP contribution >= 0.6 is 0 Å². The molecule has 0 unspecified atom stereocenters. The van der Waals surface area contributed by atoms with Crippen molar-refractivity contribution in [1.82, 2.24) is 0 Å². The Labute approximate surface area is 76.6 Å². The van der Waals surface area contributed by atoms with E-state index in [1.807, 2.05) is 0 Å². The third-order valence-electron chi connectivity index (χ3n) is 0. The standard InChI is InChI=1S/C2H4O2.Pb.Tl.2H/c1-2(3)4;;;;/h1H3,(H,3,4);;;;. The van der Waals surface area contributed by atoms with E-state index in [1.165, 1.54) is 0 Å². The molecule has 2 nitrogen and oxygen atoms in total. The van der Waals surface area contributed by atoms with Gasteiger partial charge in [0.05, 0.1) is 0 Å². The van der Waals surface area contributed by atoms with Crippen LogP contribution in [0.1, 0.15) is 6.92 Å². The van der Waals surface area contributed by atoms with Crippen molar-refractivity contribution in [1.29, 1.82) is 0 Å². The van der Waals surface area contributed by atoms with Gasteiger partial charge in [0, 0.05) is 34.2 Å². The van der Waals surface area contributed by atoms with Crippen LogP contribution < -0.4 is 0 Å². The zero-order valence-corrected chi connectivity index (χ0v) is 13.6. The number of aliphatic carboxylic acids is 1. The zero-order valence-electron chi connectivity index (χ0n) is 3.64. The molecule has 0 atom stereocenters. The molecule has 1 N–H and O–H groups in total. The summed E-state index contributed by atoms with van der Waals surface area (Å²) in [5.41, 5.74) is 0. The first-order valence-corrected chi connectivity index (χ1v) is 0.928. The molecule has 33 valence electrons. The molecule has 0 aliphatic rings. The van der Waals surface area contributed by atoms with Gasteiger partial charge in [-0.15, -0.1) is 0 Å². The molecule has 0 aromatic carbocycles. The summed E-state index contributed by atoms with van der Waals surface area (Å²) in [4.78, 5) is 9.00. The number of hydrogen-bond donors (Lipinski definition) is 1. The molecule has 0 bridgehead atoms. The fourth-order valence-corrected chi connectivity index (χ4v) is 0. The molecule has 0 saturated heterocycles. The molecule has 0 aromatic rings. The van der Waals surface area contributed by atoms with E-state index in [1.54, 1.807) is 0 Å². The van der Waals surface area contributed by atoms with E-state index in [0.29, 0.717) is 0 Å². The van der Waals surface area contributed by atoms with Gasteiger partial charge in [0.1, 0.15) is 0 Å². The summed E-state index contributed by atoms with van der Waals surface area (Å²) in [7, 11) is 0. The minimum absolute atomic E-state index is 0. The van der Waals surface area contributed by atoms with Crippen molar-refractivity contribution in [2.75, 3.05) is 0 Å². The van der Waals surface area contributed by atoms with E-state index in [9.17, 15) is 0 Å². The predicted octanol–water partition coefficient (Wildman–Crippen LogP) is -1.21. The van der Waals surface area contributed by atoms with Gasteiger partial charge in [-0.2, -0.15) is 0 Å². The molecule has 3 radical (unpaired) electrons. The normalized spacial score (nSPS) is 4.17. The van der Waals surface area contributed by atoms with E-state index in [0.717, 1.165) is 6.92 Å². The Kier molecular flexibility index (Phi) is 25.0. The van der Waals surface area contributed by atoms with Crippen LogP contribution in [-0.2, 0) is 4.79 Å². The molecule has 0 heterocycles. The summed E-state index contributed by atoms with van der Waals surface area (Å²) in [6.07, 6.45) is 0. The summed E-state index contributed by atoms with van der Waals surface area (Å²) in [5, 5.41) is 7.42. The van der Waals surface area contributed by atoms with Crippen LogP contribution in [0.4, 0.5) is 0 Å². The van der Waals surface area contributed by atoms with Crippen molar-refractivity contribution in [3.63, 3.8) is 0 Å². The SMILES string of the molecule is CC(=O)O.[PbH2].[Tl]. The number of carbonyl (C=O) groups is 1. The second-order valence-corrected chi connectivity index (χ2v) is 0.519. The summed E-state index contributed by atoms with van der Waals surface area (Å²) in [5.74, 6) is -0.833. The van der Waals surface area contributed by atoms with Gasteiger partial charge >= 0.3 is 27.3 Å². The number of rotatable bonds is 0. The van der Waals surface area contributed by atoms with Crippen LogP contribution in [0.2, 0.25) is 0 Å². The van der Waals surface area contributed by atoms with Crippen LogP contribution in [0.3, 0.4) is 0 Å². The Hall–Kier alpha value is 1.31. The molecule has 0 aliphatic heterocycles. The average molecular weight is 474 g/mol. The van der Waals surface area contributed by atoms with Crippen molar-refractivity contribution in [3.05, 3.63) is 0 Å². The van der Waals surface area contributed by atoms with E-state index in [-0.39, 0.29) is 54.6 Å². The molecule has 0 amide bonds. The average Bonchev–Trinajstić information content (AvgIpc) is 0.811. The molecule has 0 fully saturated rings. The smallest absolute Gasteiger partial charge is 0 e. The van der Waals surface area contributed by atoms with Gasteiger partial charge in [-0.1, -0.05) is 0 Å². The molecular weight excluding hydrogens is 468 g/mol. The summed E-state index contributed by atoms with van der Waals surface area (Å²) >= 11 is 0. The van der Waals surface area contributed by atoms with E-state index in [2.05, 4.69) is 0 Å². The first-order valence-electron chi connectivity index (χ1n) is 0.928. The summed E-state index contributed by atoms with van der Waals surface area (Å²) in [6.45, 7) is 1.08. The van der Waals surface area contributed by atoms with Gasteiger partial charge in [-0.25, -0.2) is 0 Å². The van der Waals surface area contributed by atoms with Crippen LogP contribution in [0, 0.1) is 0 Å². The fraction of sp³-hybridized carbons (Fsp3) is 0.500. The van der Waals surface area contributed by atoms with Gasteiger partial charge in [0.25, 0.3) is 5.97 Å². The van der Waals surface area contributed by atoms with Crippen LogP contribution in [0.5, 0.6) is 0 Å². The molecule has 0 aromatic heterocycles. The Morgan fingerprint density at radius 3 is 1.67 bits per heavy atom. The van der Waals surface area contributed by atoms with Gasteiger partial charge in [0.2, 0.25) is 0 Å². The third kappa shape index (κ3) is 57.3. The van der Waals surface area contributed by atoms with Crippen LogP contribution in [0.25, 0.3) is 0 Å². The number of carboxylic acid groups (broad SMARTS) is 1. The second kappa shape index (κ2) is 9.58. The zero-order chi connectivity index (χ0) is 3.58. The predicted molar refractivity (Wildman–Crippen MR) is 27.6 cm³/mol. The first-order chi connectivity index (χ1) is 1.73. The maximum absolute atomic E-state index is 9.00. The molecule has 0 rings (SSSR count). The Bertz CT molecular complexity index is 34.5. The Morgan fingerprint density at radius 2 is 1.67 bits per heavy atom. The van der Waals surface area contributed by atoms with Crippen molar-refractivity contribution in [2.45, 2.75) is 6.92 Å². The molecule has 0 aliphatic carbocycles. The molecular formula is C2H6O2PbTl. The van der Waals surface area contributed by atoms with Crippen molar-refractivity contribution < 1.29 is 9.90 Å². The summed E-state index contributed by atoms with van der Waals surface area (Å²) in [6, 6.07) is 0. The summed E-state index contributed by atoms with van der Waals surface area (Å²) < 4.78 is 0. The quantitative estimate of drug-likeness (QED) is 0.449. The van der Waals surface area contributed by atoms with E-state index < -0.39 is 5.97 Å². The van der Waals surface area contributed by atoms with Gasteiger partial charge in [-0.3, -0.25) is 4.79 Å². The molecule has 0 spiro atoms. The molecule has 6 heavy (non-hydrogen) atoms. The minimum Gasteiger partial charge on any atom is 0 e. The van der Waals surface area contributed by atoms with Crippen molar-refractivity contribution >= 4 is 60.6 Å². The maximum atomic E-state index is 9.00. The van der Waals surface area contributed by atoms with E-state index in [4.69, 9.17) is 9.90 Å². The van der Waals surface area contributed by atoms with Crippen molar-refractivity contribution in [3.8, 4) is 0 Å². The fourth-order valence-electron chi connectivity index (χ4n) is 0. The molecule has 0 saturated carbocycles. The van der Waals surface area contributed by atoms with Gasteiger partial charge in [0.15, 0.2) is 0 Å². The minimum atomic E-state index is -0.833. The van der Waals surface area contributed by atoms with Gasteiger partial charge in [-0.05, 0) is 0 Å². The van der Waals surface area contributed by atoms with E-state index >= 15 is 0 Å². The Morgan fingerprint density at radius 1 is 1.67 bits per heavy atom. The largest absolute Gasteiger partial charge is 0 e. The maximum Gasteiger partial charge on any atom is 0 e. The van der Waals surface area contributed by atoms with Crippen LogP contribution in [-0.4, -0.2) is 65.7 Å².